The first-order valence-corrected chi connectivity index (χ1v) is 15.0. The number of nitrogens with zero attached hydrogens (tertiary/aromatic N) is 1. The third-order valence-corrected chi connectivity index (χ3v) is 10.1. The summed E-state index contributed by atoms with van der Waals surface area (Å²) in [7, 11) is -6.24. The lowest BCUT2D eigenvalue weighted by Crippen LogP contribution is -2.47. The number of ether oxygens (including phenoxy) is 2. The molecule has 2 atom stereocenters. The third-order valence-electron chi connectivity index (χ3n) is 6.84. The third kappa shape index (κ3) is 6.50. The van der Waals surface area contributed by atoms with Crippen LogP contribution >= 0.6 is 0 Å². The quantitative estimate of drug-likeness (QED) is 0.385. The first-order chi connectivity index (χ1) is 17.9. The second-order valence-corrected chi connectivity index (χ2v) is 13.3. The summed E-state index contributed by atoms with van der Waals surface area (Å²) in [5.41, 5.74) is -0.502. The highest BCUT2D eigenvalue weighted by molar-refractivity contribution is 7.89. The molecule has 2 heterocycles. The summed E-state index contributed by atoms with van der Waals surface area (Å²) >= 11 is 0. The maximum Gasteiger partial charge on any atom is 0.243 e. The van der Waals surface area contributed by atoms with Crippen LogP contribution in [0, 0.1) is 11.6 Å². The molecule has 0 saturated carbocycles. The van der Waals surface area contributed by atoms with Crippen molar-refractivity contribution in [1.29, 1.82) is 0 Å². The largest absolute Gasteiger partial charge is 0.491 e. The van der Waals surface area contributed by atoms with Gasteiger partial charge in [0.25, 0.3) is 0 Å². The van der Waals surface area contributed by atoms with Gasteiger partial charge in [-0.15, -0.1) is 0 Å². The Balaban J connectivity index is 1.23. The predicted molar refractivity (Wildman–Crippen MR) is 134 cm³/mol. The number of aliphatic hydroxyl groups excluding tert-OH is 1. The number of nitrogens with one attached hydrogen (secondary N) is 2. The van der Waals surface area contributed by atoms with E-state index in [9.17, 15) is 30.7 Å². The molecule has 38 heavy (non-hydrogen) atoms. The second-order valence-electron chi connectivity index (χ2n) is 9.43. The van der Waals surface area contributed by atoms with E-state index in [1.807, 2.05) is 0 Å². The molecule has 0 bridgehead atoms. The van der Waals surface area contributed by atoms with Gasteiger partial charge in [0.15, 0.2) is 11.6 Å². The smallest absolute Gasteiger partial charge is 0.243 e. The van der Waals surface area contributed by atoms with Crippen molar-refractivity contribution in [3.8, 4) is 5.75 Å². The fourth-order valence-electron chi connectivity index (χ4n) is 4.65. The fraction of sp³-hybridized carbons (Fsp3) is 0.500. The lowest BCUT2D eigenvalue weighted by atomic mass is 9.88. The van der Waals surface area contributed by atoms with E-state index in [0.717, 1.165) is 12.1 Å². The van der Waals surface area contributed by atoms with Crippen molar-refractivity contribution in [2.75, 3.05) is 39.9 Å². The van der Waals surface area contributed by atoms with Crippen LogP contribution in [-0.2, 0) is 24.8 Å². The Hall–Kier alpha value is -2.20. The Morgan fingerprint density at radius 1 is 1.11 bits per heavy atom. The molecule has 210 valence electrons. The Morgan fingerprint density at radius 2 is 1.84 bits per heavy atom. The minimum atomic E-state index is -3.95. The van der Waals surface area contributed by atoms with Gasteiger partial charge in [-0.1, -0.05) is 6.07 Å². The summed E-state index contributed by atoms with van der Waals surface area (Å²) in [5, 5.41) is 13.6. The standard InChI is InChI=1S/C24H31F2N3O7S2/c1-27-37(31,32)20-4-2-3-19(11-20)35-16-18(30)14-28-17-13-24(36-15-17)7-9-29(10-8-24)38(33,34)21-5-6-22(25)23(26)12-21/h2-6,11-12,17-18,27-28,30H,7-10,13-16H2,1H3. The second kappa shape index (κ2) is 11.5. The van der Waals surface area contributed by atoms with Crippen molar-refractivity contribution in [3.63, 3.8) is 0 Å². The number of sulfonamides is 2. The van der Waals surface area contributed by atoms with Crippen LogP contribution in [0.2, 0.25) is 0 Å². The van der Waals surface area contributed by atoms with Gasteiger partial charge in [0.05, 0.1) is 22.0 Å². The van der Waals surface area contributed by atoms with Crippen LogP contribution in [0.4, 0.5) is 8.78 Å². The van der Waals surface area contributed by atoms with Crippen LogP contribution in [0.25, 0.3) is 0 Å². The van der Waals surface area contributed by atoms with Crippen molar-refractivity contribution < 1.29 is 40.2 Å². The minimum Gasteiger partial charge on any atom is -0.491 e. The van der Waals surface area contributed by atoms with Crippen LogP contribution in [-0.4, -0.2) is 83.9 Å². The molecular formula is C24H31F2N3O7S2. The van der Waals surface area contributed by atoms with E-state index in [1.165, 1.54) is 23.5 Å². The number of benzene rings is 2. The Morgan fingerprint density at radius 3 is 2.53 bits per heavy atom. The molecule has 0 amide bonds. The van der Waals surface area contributed by atoms with E-state index in [2.05, 4.69) is 10.0 Å². The van der Waals surface area contributed by atoms with E-state index >= 15 is 0 Å². The van der Waals surface area contributed by atoms with Gasteiger partial charge in [-0.25, -0.2) is 30.3 Å². The molecule has 2 unspecified atom stereocenters. The topological polar surface area (TPSA) is 134 Å². The van der Waals surface area contributed by atoms with Crippen LogP contribution in [0.3, 0.4) is 0 Å². The van der Waals surface area contributed by atoms with E-state index in [1.54, 1.807) is 12.1 Å². The van der Waals surface area contributed by atoms with Crippen LogP contribution in [0.1, 0.15) is 19.3 Å². The van der Waals surface area contributed by atoms with E-state index in [-0.39, 0.29) is 42.1 Å². The number of hydrogen-bond acceptors (Lipinski definition) is 8. The molecule has 10 nitrogen and oxygen atoms in total. The number of rotatable bonds is 10. The van der Waals surface area contributed by atoms with Crippen molar-refractivity contribution in [3.05, 3.63) is 54.1 Å². The Labute approximate surface area is 221 Å². The molecule has 2 saturated heterocycles. The minimum absolute atomic E-state index is 0.0500. The summed E-state index contributed by atoms with van der Waals surface area (Å²) < 4.78 is 91.4. The first kappa shape index (κ1) is 28.8. The van der Waals surface area contributed by atoms with E-state index in [4.69, 9.17) is 9.47 Å². The van der Waals surface area contributed by atoms with Gasteiger partial charge in [-0.3, -0.25) is 0 Å². The zero-order valence-corrected chi connectivity index (χ0v) is 22.4. The van der Waals surface area contributed by atoms with Crippen molar-refractivity contribution >= 4 is 20.0 Å². The summed E-state index contributed by atoms with van der Waals surface area (Å²) in [6.45, 7) is 0.938. The van der Waals surface area contributed by atoms with Gasteiger partial charge >= 0.3 is 0 Å². The number of halogens is 2. The molecule has 0 aromatic heterocycles. The number of hydrogen-bond donors (Lipinski definition) is 3. The number of aliphatic hydroxyl groups is 1. The molecule has 0 radical (unpaired) electrons. The molecule has 0 aliphatic carbocycles. The highest BCUT2D eigenvalue weighted by Gasteiger charge is 2.44. The Kier molecular flexibility index (Phi) is 8.71. The molecule has 2 aromatic carbocycles. The SMILES string of the molecule is CNS(=O)(=O)c1cccc(OCC(O)CNC2COC3(CCN(S(=O)(=O)c4ccc(F)c(F)c4)CC3)C2)c1. The average Bonchev–Trinajstić information content (AvgIpc) is 3.30. The zero-order valence-electron chi connectivity index (χ0n) is 20.8. The summed E-state index contributed by atoms with van der Waals surface area (Å²) in [6, 6.07) is 8.46. The van der Waals surface area contributed by atoms with Gasteiger partial charge in [0.1, 0.15) is 18.5 Å². The van der Waals surface area contributed by atoms with Crippen molar-refractivity contribution in [1.82, 2.24) is 14.3 Å². The predicted octanol–water partition coefficient (Wildman–Crippen LogP) is 1.21. The molecule has 2 aromatic rings. The fourth-order valence-corrected chi connectivity index (χ4v) is 6.87. The molecule has 2 aliphatic rings. The molecule has 3 N–H and O–H groups in total. The average molecular weight is 576 g/mol. The van der Waals surface area contributed by atoms with Gasteiger partial charge < -0.3 is 19.9 Å². The summed E-state index contributed by atoms with van der Waals surface area (Å²) in [5.74, 6) is -2.01. The van der Waals surface area contributed by atoms with Gasteiger partial charge in [-0.2, -0.15) is 4.31 Å². The molecule has 4 rings (SSSR count). The van der Waals surface area contributed by atoms with Crippen molar-refractivity contribution in [2.45, 2.75) is 46.8 Å². The highest BCUT2D eigenvalue weighted by atomic mass is 32.2. The normalized spacial score (nSPS) is 21.0. The summed E-state index contributed by atoms with van der Waals surface area (Å²) in [6.07, 6.45) is 0.667. The Bertz CT molecular complexity index is 1350. The van der Waals surface area contributed by atoms with Crippen LogP contribution in [0.15, 0.2) is 52.3 Å². The van der Waals surface area contributed by atoms with E-state index < -0.39 is 43.4 Å². The lowest BCUT2D eigenvalue weighted by molar-refractivity contribution is -0.0312. The van der Waals surface area contributed by atoms with E-state index in [0.29, 0.717) is 37.7 Å². The maximum absolute atomic E-state index is 13.6. The zero-order chi connectivity index (χ0) is 27.6. The van der Waals surface area contributed by atoms with Gasteiger partial charge in [-0.05, 0) is 56.6 Å². The molecule has 1 spiro atoms. The van der Waals surface area contributed by atoms with Crippen molar-refractivity contribution in [2.24, 2.45) is 0 Å². The van der Waals surface area contributed by atoms with Gasteiger partial charge in [0.2, 0.25) is 20.0 Å². The molecule has 14 heteroatoms. The van der Waals surface area contributed by atoms with Crippen LogP contribution in [0.5, 0.6) is 5.75 Å². The van der Waals surface area contributed by atoms with Crippen LogP contribution < -0.4 is 14.8 Å². The molecule has 2 fully saturated rings. The molecular weight excluding hydrogens is 544 g/mol. The number of piperidine rings is 1. The maximum atomic E-state index is 13.6. The highest BCUT2D eigenvalue weighted by Crippen LogP contribution is 2.37. The lowest BCUT2D eigenvalue weighted by Gasteiger charge is -2.38. The summed E-state index contributed by atoms with van der Waals surface area (Å²) in [4.78, 5) is -0.229. The van der Waals surface area contributed by atoms with Gasteiger partial charge in [0, 0.05) is 31.7 Å². The molecule has 2 aliphatic heterocycles. The monoisotopic (exact) mass is 575 g/mol. The first-order valence-electron chi connectivity index (χ1n) is 12.1.